The minimum atomic E-state index is -1.54. The Morgan fingerprint density at radius 2 is 1.92 bits per heavy atom. The van der Waals surface area contributed by atoms with Gasteiger partial charge < -0.3 is 4.90 Å². The molecule has 0 fully saturated rings. The molecule has 1 heterocycles. The maximum absolute atomic E-state index is 12.6. The molecule has 1 aliphatic heterocycles. The van der Waals surface area contributed by atoms with E-state index in [1.54, 1.807) is 42.1 Å². The number of hydrogen-bond donors (Lipinski definition) is 0. The Balaban J connectivity index is 1.91. The van der Waals surface area contributed by atoms with Gasteiger partial charge in [0, 0.05) is 28.6 Å². The molecule has 0 N–H and O–H groups in total. The van der Waals surface area contributed by atoms with Crippen molar-refractivity contribution in [3.05, 3.63) is 70.8 Å². The fraction of sp³-hybridized carbons (Fsp3) is 0.167. The second-order valence-electron chi connectivity index (χ2n) is 5.24. The average molecular weight is 399 g/mol. The van der Waals surface area contributed by atoms with Crippen LogP contribution in [0.2, 0.25) is 0 Å². The topological polar surface area (TPSA) is 20.3 Å². The summed E-state index contributed by atoms with van der Waals surface area (Å²) in [6.45, 7) is 2.85. The molecule has 6 heteroatoms. The van der Waals surface area contributed by atoms with Gasteiger partial charge in [-0.15, -0.1) is 0 Å². The smallest absolute Gasteiger partial charge is 0.216 e. The van der Waals surface area contributed by atoms with Gasteiger partial charge in [0.05, 0.1) is 10.7 Å². The largest absolute Gasteiger partial charge is 0.335 e. The molecule has 0 bridgehead atoms. The number of fused-ring (bicyclic) bond motifs is 1. The Hall–Kier alpha value is -1.13. The van der Waals surface area contributed by atoms with Crippen LogP contribution >= 0.6 is 46.6 Å². The van der Waals surface area contributed by atoms with Crippen molar-refractivity contribution in [2.45, 2.75) is 15.6 Å². The van der Waals surface area contributed by atoms with Crippen LogP contribution in [0.3, 0.4) is 0 Å². The van der Waals surface area contributed by atoms with Crippen LogP contribution in [0.5, 0.6) is 0 Å². The summed E-state index contributed by atoms with van der Waals surface area (Å²) < 4.78 is -1.54. The van der Waals surface area contributed by atoms with Crippen LogP contribution in [0.15, 0.2) is 64.5 Å². The van der Waals surface area contributed by atoms with Crippen LogP contribution < -0.4 is 4.90 Å². The molecular formula is C18H14Cl3NOS. The van der Waals surface area contributed by atoms with E-state index in [0.717, 1.165) is 22.2 Å². The molecule has 0 radical (unpaired) electrons. The second kappa shape index (κ2) is 7.01. The zero-order valence-electron chi connectivity index (χ0n) is 12.8. The summed E-state index contributed by atoms with van der Waals surface area (Å²) in [4.78, 5) is 15.9. The van der Waals surface area contributed by atoms with Crippen molar-refractivity contribution < 1.29 is 4.79 Å². The Bertz CT molecular complexity index is 814. The highest BCUT2D eigenvalue weighted by Crippen LogP contribution is 2.45. The predicted molar refractivity (Wildman–Crippen MR) is 103 cm³/mol. The predicted octanol–water partition coefficient (Wildman–Crippen LogP) is 6.17. The van der Waals surface area contributed by atoms with Gasteiger partial charge in [-0.05, 0) is 25.1 Å². The summed E-state index contributed by atoms with van der Waals surface area (Å²) in [5.41, 5.74) is 2.10. The third-order valence-corrected chi connectivity index (χ3v) is 5.45. The number of carbonyl (C=O) groups excluding carboxylic acids is 1. The van der Waals surface area contributed by atoms with Crippen LogP contribution in [0, 0.1) is 0 Å². The number of ketones is 1. The van der Waals surface area contributed by atoms with E-state index < -0.39 is 3.79 Å². The van der Waals surface area contributed by atoms with E-state index in [9.17, 15) is 4.79 Å². The van der Waals surface area contributed by atoms with E-state index in [-0.39, 0.29) is 5.78 Å². The van der Waals surface area contributed by atoms with Gasteiger partial charge >= 0.3 is 0 Å². The first-order chi connectivity index (χ1) is 11.4. The molecule has 0 unspecified atom stereocenters. The monoisotopic (exact) mass is 397 g/mol. The van der Waals surface area contributed by atoms with Crippen LogP contribution in [-0.4, -0.2) is 12.3 Å². The number of nitrogens with zero attached hydrogens (tertiary/aromatic N) is 1. The summed E-state index contributed by atoms with van der Waals surface area (Å²) in [5.74, 6) is -0.111. The minimum Gasteiger partial charge on any atom is -0.335 e. The first-order valence-corrected chi connectivity index (χ1v) is 9.33. The summed E-state index contributed by atoms with van der Waals surface area (Å²) in [7, 11) is 0. The van der Waals surface area contributed by atoms with Gasteiger partial charge in [0.1, 0.15) is 0 Å². The van der Waals surface area contributed by atoms with E-state index in [1.165, 1.54) is 0 Å². The molecule has 2 nitrogen and oxygen atoms in total. The molecular weight excluding hydrogens is 385 g/mol. The molecule has 2 aromatic rings. The molecule has 0 saturated heterocycles. The molecule has 3 rings (SSSR count). The van der Waals surface area contributed by atoms with Crippen molar-refractivity contribution in [1.82, 2.24) is 0 Å². The van der Waals surface area contributed by atoms with Gasteiger partial charge in [0.2, 0.25) is 3.79 Å². The molecule has 0 aromatic heterocycles. The van der Waals surface area contributed by atoms with Crippen molar-refractivity contribution in [2.24, 2.45) is 0 Å². The Labute approximate surface area is 160 Å². The third kappa shape index (κ3) is 3.60. The summed E-state index contributed by atoms with van der Waals surface area (Å²) >= 11 is 19.3. The standard InChI is InChI=1S/C18H14Cl3NOS/c1-2-22-14-8-3-4-9-16(14)24-17(22)11-15(23)12-6-5-7-13(10-12)18(19,20)21/h3-11H,2H2,1H3/b17-11-. The fourth-order valence-electron chi connectivity index (χ4n) is 2.53. The maximum Gasteiger partial charge on any atom is 0.216 e. The maximum atomic E-state index is 12.6. The van der Waals surface area contributed by atoms with E-state index in [1.807, 2.05) is 12.1 Å². The number of carbonyl (C=O) groups is 1. The highest BCUT2D eigenvalue weighted by atomic mass is 35.6. The molecule has 0 atom stereocenters. The quantitative estimate of drug-likeness (QED) is 0.350. The zero-order valence-corrected chi connectivity index (χ0v) is 15.9. The molecule has 0 spiro atoms. The summed E-state index contributed by atoms with van der Waals surface area (Å²) in [6.07, 6.45) is 1.64. The van der Waals surface area contributed by atoms with Gasteiger partial charge in [0.15, 0.2) is 5.78 Å². The highest BCUT2D eigenvalue weighted by Gasteiger charge is 2.26. The van der Waals surface area contributed by atoms with Crippen LogP contribution in [0.1, 0.15) is 22.8 Å². The van der Waals surface area contributed by atoms with E-state index in [2.05, 4.69) is 24.0 Å². The van der Waals surface area contributed by atoms with Crippen molar-refractivity contribution in [2.75, 3.05) is 11.4 Å². The lowest BCUT2D eigenvalue weighted by Gasteiger charge is -2.17. The van der Waals surface area contributed by atoms with Gasteiger partial charge in [-0.2, -0.15) is 0 Å². The minimum absolute atomic E-state index is 0.111. The van der Waals surface area contributed by atoms with Gasteiger partial charge in [0.25, 0.3) is 0 Å². The van der Waals surface area contributed by atoms with Crippen LogP contribution in [-0.2, 0) is 3.79 Å². The van der Waals surface area contributed by atoms with Crippen molar-refractivity contribution in [3.63, 3.8) is 0 Å². The zero-order chi connectivity index (χ0) is 17.3. The number of alkyl halides is 3. The third-order valence-electron chi connectivity index (χ3n) is 3.68. The molecule has 2 aromatic carbocycles. The van der Waals surface area contributed by atoms with E-state index in [0.29, 0.717) is 11.1 Å². The first-order valence-electron chi connectivity index (χ1n) is 7.38. The lowest BCUT2D eigenvalue weighted by atomic mass is 10.1. The van der Waals surface area contributed by atoms with Gasteiger partial charge in [-0.25, -0.2) is 0 Å². The number of allylic oxidation sites excluding steroid dienone is 1. The normalized spacial score (nSPS) is 15.7. The van der Waals surface area contributed by atoms with Gasteiger partial charge in [-0.3, -0.25) is 4.79 Å². The van der Waals surface area contributed by atoms with Crippen molar-refractivity contribution in [3.8, 4) is 0 Å². The fourth-order valence-corrected chi connectivity index (χ4v) is 4.04. The first kappa shape index (κ1) is 17.7. The Morgan fingerprint density at radius 3 is 2.62 bits per heavy atom. The lowest BCUT2D eigenvalue weighted by molar-refractivity contribution is 0.104. The van der Waals surface area contributed by atoms with Gasteiger partial charge in [-0.1, -0.05) is 76.9 Å². The van der Waals surface area contributed by atoms with Crippen molar-refractivity contribution in [1.29, 1.82) is 0 Å². The molecule has 24 heavy (non-hydrogen) atoms. The number of thioether (sulfide) groups is 1. The molecule has 1 aliphatic rings. The highest BCUT2D eigenvalue weighted by molar-refractivity contribution is 8.03. The molecule has 0 aliphatic carbocycles. The lowest BCUT2D eigenvalue weighted by Crippen LogP contribution is -2.17. The number of benzene rings is 2. The SMILES string of the molecule is CCN1/C(=C/C(=O)c2cccc(C(Cl)(Cl)Cl)c2)Sc2ccccc21. The number of para-hydroxylation sites is 1. The molecule has 124 valence electrons. The van der Waals surface area contributed by atoms with Crippen LogP contribution in [0.25, 0.3) is 0 Å². The van der Waals surface area contributed by atoms with E-state index >= 15 is 0 Å². The summed E-state index contributed by atoms with van der Waals surface area (Å²) in [6, 6.07) is 14.9. The molecule has 0 saturated carbocycles. The summed E-state index contributed by atoms with van der Waals surface area (Å²) in [5, 5.41) is 0.906. The number of hydrogen-bond acceptors (Lipinski definition) is 3. The average Bonchev–Trinajstić information content (AvgIpc) is 2.91. The van der Waals surface area contributed by atoms with Crippen molar-refractivity contribution >= 4 is 58.0 Å². The number of anilines is 1. The number of halogens is 3. The number of rotatable bonds is 3. The Kier molecular flexibility index (Phi) is 5.16. The second-order valence-corrected chi connectivity index (χ2v) is 8.58. The van der Waals surface area contributed by atoms with Crippen LogP contribution in [0.4, 0.5) is 5.69 Å². The Morgan fingerprint density at radius 1 is 1.17 bits per heavy atom. The van der Waals surface area contributed by atoms with E-state index in [4.69, 9.17) is 34.8 Å². The molecule has 0 amide bonds.